The minimum Gasteiger partial charge on any atom is -0.358 e. The maximum atomic E-state index is 10.5. The van der Waals surface area contributed by atoms with E-state index in [4.69, 9.17) is 16.9 Å². The molecule has 8 heteroatoms. The van der Waals surface area contributed by atoms with E-state index in [1.54, 1.807) is 12.1 Å². The highest BCUT2D eigenvalue weighted by Gasteiger charge is 2.12. The van der Waals surface area contributed by atoms with Gasteiger partial charge in [0.2, 0.25) is 0 Å². The minimum atomic E-state index is -0.574. The average molecular weight is 264 g/mol. The van der Waals surface area contributed by atoms with Crippen LogP contribution in [0.15, 0.2) is 24.4 Å². The first-order valence-corrected chi connectivity index (χ1v) is 5.21. The third-order valence-electron chi connectivity index (χ3n) is 2.16. The van der Waals surface area contributed by atoms with Crippen molar-refractivity contribution in [3.63, 3.8) is 0 Å². The Labute approximate surface area is 106 Å². The van der Waals surface area contributed by atoms with Crippen molar-refractivity contribution in [3.8, 4) is 6.07 Å². The Hall–Kier alpha value is -2.46. The molecule has 7 nitrogen and oxygen atoms in total. The monoisotopic (exact) mass is 263 g/mol. The van der Waals surface area contributed by atoms with Gasteiger partial charge >= 0.3 is 5.82 Å². The van der Waals surface area contributed by atoms with E-state index in [0.717, 1.165) is 0 Å². The Balaban J connectivity index is 2.21. The Bertz CT molecular complexity index is 646. The van der Waals surface area contributed by atoms with Crippen LogP contribution in [0.3, 0.4) is 0 Å². The van der Waals surface area contributed by atoms with Crippen LogP contribution in [0, 0.1) is 21.4 Å². The molecule has 0 fully saturated rings. The van der Waals surface area contributed by atoms with Crippen LogP contribution in [0.4, 0.5) is 5.82 Å². The minimum absolute atomic E-state index is 0.108. The SMILES string of the molecule is N#Cc1ccc(Cn2ccc([N+](=O)[O-])n2)nc1Cl. The summed E-state index contributed by atoms with van der Waals surface area (Å²) in [4.78, 5) is 13.9. The van der Waals surface area contributed by atoms with Crippen molar-refractivity contribution < 1.29 is 4.92 Å². The molecule has 0 aromatic carbocycles. The van der Waals surface area contributed by atoms with Gasteiger partial charge in [-0.2, -0.15) is 9.94 Å². The van der Waals surface area contributed by atoms with Gasteiger partial charge in [0.05, 0.1) is 28.6 Å². The highest BCUT2D eigenvalue weighted by molar-refractivity contribution is 6.30. The number of hydrogen-bond acceptors (Lipinski definition) is 5. The maximum Gasteiger partial charge on any atom is 0.389 e. The molecule has 2 rings (SSSR count). The molecule has 0 unspecified atom stereocenters. The molecule has 0 aliphatic heterocycles. The molecule has 0 radical (unpaired) electrons. The summed E-state index contributed by atoms with van der Waals surface area (Å²) in [6, 6.07) is 6.36. The first kappa shape index (κ1) is 12.0. The molecule has 0 atom stereocenters. The molecule has 2 heterocycles. The fourth-order valence-electron chi connectivity index (χ4n) is 1.35. The first-order valence-electron chi connectivity index (χ1n) is 4.83. The largest absolute Gasteiger partial charge is 0.389 e. The Morgan fingerprint density at radius 2 is 2.28 bits per heavy atom. The highest BCUT2D eigenvalue weighted by atomic mass is 35.5. The first-order chi connectivity index (χ1) is 8.60. The summed E-state index contributed by atoms with van der Waals surface area (Å²) in [6.45, 7) is 0.249. The number of rotatable bonds is 3. The fraction of sp³-hybridized carbons (Fsp3) is 0.100. The van der Waals surface area contributed by atoms with Crippen LogP contribution in [-0.4, -0.2) is 19.7 Å². The normalized spacial score (nSPS) is 10.0. The van der Waals surface area contributed by atoms with Gasteiger partial charge in [-0.1, -0.05) is 11.6 Å². The summed E-state index contributed by atoms with van der Waals surface area (Å²) >= 11 is 5.78. The number of aromatic nitrogens is 3. The molecule has 0 saturated carbocycles. The Kier molecular flexibility index (Phi) is 3.21. The van der Waals surface area contributed by atoms with Gasteiger partial charge < -0.3 is 10.1 Å². The van der Waals surface area contributed by atoms with Gasteiger partial charge in [0, 0.05) is 0 Å². The zero-order valence-corrected chi connectivity index (χ0v) is 9.70. The number of halogens is 1. The molecular formula is C10H6ClN5O2. The van der Waals surface area contributed by atoms with Crippen LogP contribution in [0.1, 0.15) is 11.3 Å². The van der Waals surface area contributed by atoms with Crippen molar-refractivity contribution in [2.24, 2.45) is 0 Å². The van der Waals surface area contributed by atoms with Crippen molar-refractivity contribution in [2.75, 3.05) is 0 Å². The van der Waals surface area contributed by atoms with Gasteiger partial charge in [-0.15, -0.1) is 0 Å². The highest BCUT2D eigenvalue weighted by Crippen LogP contribution is 2.14. The summed E-state index contributed by atoms with van der Waals surface area (Å²) < 4.78 is 1.38. The molecule has 0 aliphatic rings. The molecule has 2 aromatic heterocycles. The van der Waals surface area contributed by atoms with Crippen LogP contribution in [0.2, 0.25) is 5.15 Å². The quantitative estimate of drug-likeness (QED) is 0.477. The van der Waals surface area contributed by atoms with Crippen molar-refractivity contribution in [1.82, 2.24) is 14.8 Å². The molecule has 0 saturated heterocycles. The predicted octanol–water partition coefficient (Wildman–Crippen LogP) is 1.76. The third kappa shape index (κ3) is 2.44. The van der Waals surface area contributed by atoms with Gasteiger partial charge in [0.25, 0.3) is 0 Å². The summed E-state index contributed by atoms with van der Waals surface area (Å²) in [7, 11) is 0. The van der Waals surface area contributed by atoms with E-state index in [1.807, 2.05) is 6.07 Å². The molecule has 2 aromatic rings. The third-order valence-corrected chi connectivity index (χ3v) is 2.45. The lowest BCUT2D eigenvalue weighted by Gasteiger charge is -1.99. The Morgan fingerprint density at radius 3 is 2.83 bits per heavy atom. The van der Waals surface area contributed by atoms with Gasteiger partial charge in [0.1, 0.15) is 17.8 Å². The summed E-state index contributed by atoms with van der Waals surface area (Å²) in [6.07, 6.45) is 1.48. The topological polar surface area (TPSA) is 97.6 Å². The number of hydrogen-bond donors (Lipinski definition) is 0. The van der Waals surface area contributed by atoms with Crippen LogP contribution in [0.25, 0.3) is 0 Å². The van der Waals surface area contributed by atoms with Crippen molar-refractivity contribution >= 4 is 17.4 Å². The van der Waals surface area contributed by atoms with Gasteiger partial charge in [-0.05, 0) is 17.1 Å². The van der Waals surface area contributed by atoms with E-state index in [2.05, 4.69) is 10.1 Å². The molecule has 0 spiro atoms. The summed E-state index contributed by atoms with van der Waals surface area (Å²) in [5.41, 5.74) is 0.851. The molecule has 18 heavy (non-hydrogen) atoms. The van der Waals surface area contributed by atoms with Gasteiger partial charge in [0.15, 0.2) is 0 Å². The molecule has 0 amide bonds. The maximum absolute atomic E-state index is 10.5. The summed E-state index contributed by atoms with van der Waals surface area (Å²) in [5, 5.41) is 23.0. The number of nitriles is 1. The van der Waals surface area contributed by atoms with Crippen LogP contribution in [0.5, 0.6) is 0 Å². The second-order valence-electron chi connectivity index (χ2n) is 3.38. The lowest BCUT2D eigenvalue weighted by molar-refractivity contribution is -0.389. The lowest BCUT2D eigenvalue weighted by atomic mass is 10.2. The van der Waals surface area contributed by atoms with Crippen molar-refractivity contribution in [3.05, 3.63) is 50.9 Å². The van der Waals surface area contributed by atoms with E-state index in [9.17, 15) is 10.1 Å². The van der Waals surface area contributed by atoms with E-state index in [-0.39, 0.29) is 23.1 Å². The molecule has 0 N–H and O–H groups in total. The molecular weight excluding hydrogens is 258 g/mol. The number of nitrogens with zero attached hydrogens (tertiary/aromatic N) is 5. The molecule has 0 bridgehead atoms. The fourth-order valence-corrected chi connectivity index (χ4v) is 1.56. The smallest absolute Gasteiger partial charge is 0.358 e. The van der Waals surface area contributed by atoms with E-state index in [1.165, 1.54) is 16.9 Å². The van der Waals surface area contributed by atoms with E-state index >= 15 is 0 Å². The van der Waals surface area contributed by atoms with E-state index < -0.39 is 4.92 Å². The molecule has 90 valence electrons. The zero-order chi connectivity index (χ0) is 13.1. The second-order valence-corrected chi connectivity index (χ2v) is 3.74. The number of pyridine rings is 1. The van der Waals surface area contributed by atoms with Crippen molar-refractivity contribution in [2.45, 2.75) is 6.54 Å². The lowest BCUT2D eigenvalue weighted by Crippen LogP contribution is -2.03. The predicted molar refractivity (Wildman–Crippen MR) is 61.9 cm³/mol. The van der Waals surface area contributed by atoms with E-state index in [0.29, 0.717) is 5.69 Å². The summed E-state index contributed by atoms with van der Waals surface area (Å²) in [5.74, 6) is -0.227. The standard InChI is InChI=1S/C10H6ClN5O2/c11-10-7(5-12)1-2-8(13-10)6-15-4-3-9(14-15)16(17)18/h1-4H,6H2. The van der Waals surface area contributed by atoms with Crippen LogP contribution < -0.4 is 0 Å². The molecule has 0 aliphatic carbocycles. The average Bonchev–Trinajstić information content (AvgIpc) is 2.78. The van der Waals surface area contributed by atoms with Gasteiger partial charge in [-0.3, -0.25) is 0 Å². The van der Waals surface area contributed by atoms with Crippen LogP contribution >= 0.6 is 11.6 Å². The zero-order valence-electron chi connectivity index (χ0n) is 8.95. The second kappa shape index (κ2) is 4.81. The van der Waals surface area contributed by atoms with Crippen LogP contribution in [-0.2, 0) is 6.54 Å². The van der Waals surface area contributed by atoms with Crippen molar-refractivity contribution in [1.29, 1.82) is 5.26 Å². The Morgan fingerprint density at radius 1 is 1.50 bits per heavy atom. The van der Waals surface area contributed by atoms with Gasteiger partial charge in [-0.25, -0.2) is 4.98 Å². The number of nitro groups is 1.